The molecular formula is C22H19Cl2F2N5O7S. The summed E-state index contributed by atoms with van der Waals surface area (Å²) in [7, 11) is -1.61. The van der Waals surface area contributed by atoms with E-state index >= 15 is 0 Å². The van der Waals surface area contributed by atoms with Crippen molar-refractivity contribution in [3.8, 4) is 22.9 Å². The smallest absolute Gasteiger partial charge is 0.349 e. The van der Waals surface area contributed by atoms with E-state index in [0.29, 0.717) is 17.5 Å². The Bertz CT molecular complexity index is 1670. The number of carbonyl (C=O) groups excluding carboxylic acids is 1. The van der Waals surface area contributed by atoms with Crippen molar-refractivity contribution in [2.45, 2.75) is 29.7 Å². The monoisotopic (exact) mass is 605 g/mol. The molecule has 0 saturated heterocycles. The molecule has 0 unspecified atom stereocenters. The topological polar surface area (TPSA) is 161 Å². The summed E-state index contributed by atoms with van der Waals surface area (Å²) in [4.78, 5) is 37.3. The summed E-state index contributed by atoms with van der Waals surface area (Å²) in [5.74, 6) is -0.725. The average molecular weight is 606 g/mol. The fourth-order valence-electron chi connectivity index (χ4n) is 3.60. The number of nitrogens with zero attached hydrogens (tertiary/aromatic N) is 2. The second kappa shape index (κ2) is 10.6. The van der Waals surface area contributed by atoms with Crippen LogP contribution in [-0.4, -0.2) is 48.8 Å². The molecule has 1 saturated carbocycles. The van der Waals surface area contributed by atoms with Crippen LogP contribution in [0.5, 0.6) is 17.2 Å². The molecule has 1 amide bonds. The van der Waals surface area contributed by atoms with Gasteiger partial charge in [-0.25, -0.2) is 22.0 Å². The van der Waals surface area contributed by atoms with Crippen molar-refractivity contribution in [2.24, 2.45) is 0 Å². The molecule has 0 bridgehead atoms. The summed E-state index contributed by atoms with van der Waals surface area (Å²) in [6, 6.07) is 6.05. The number of rotatable bonds is 9. The van der Waals surface area contributed by atoms with Crippen molar-refractivity contribution < 1.29 is 31.5 Å². The Hall–Kier alpha value is -3.53. The number of benzene rings is 2. The lowest BCUT2D eigenvalue weighted by Crippen LogP contribution is -2.47. The first-order chi connectivity index (χ1) is 18.3. The highest BCUT2D eigenvalue weighted by atomic mass is 35.5. The highest BCUT2D eigenvalue weighted by molar-refractivity contribution is 7.89. The van der Waals surface area contributed by atoms with Crippen LogP contribution in [0.3, 0.4) is 0 Å². The van der Waals surface area contributed by atoms with E-state index in [-0.39, 0.29) is 37.9 Å². The molecule has 1 fully saturated rings. The summed E-state index contributed by atoms with van der Waals surface area (Å²) in [5.41, 5.74) is -5.08. The molecule has 17 heteroatoms. The lowest BCUT2D eigenvalue weighted by Gasteiger charge is -2.18. The number of halogens is 4. The Balaban J connectivity index is 1.69. The molecule has 0 radical (unpaired) electrons. The number of aromatic nitrogens is 3. The first kappa shape index (κ1) is 28.5. The summed E-state index contributed by atoms with van der Waals surface area (Å²) in [6.45, 7) is 0. The zero-order valence-corrected chi connectivity index (χ0v) is 22.4. The molecule has 1 aliphatic carbocycles. The van der Waals surface area contributed by atoms with Gasteiger partial charge < -0.3 is 14.8 Å². The number of sulfonamides is 1. The van der Waals surface area contributed by atoms with Crippen LogP contribution in [-0.2, 0) is 14.8 Å². The van der Waals surface area contributed by atoms with Gasteiger partial charge in [-0.1, -0.05) is 23.2 Å². The fraction of sp³-hybridized carbons (Fsp3) is 0.273. The lowest BCUT2D eigenvalue weighted by atomic mass is 10.3. The summed E-state index contributed by atoms with van der Waals surface area (Å²) in [6.07, 6.45) is -2.63. The summed E-state index contributed by atoms with van der Waals surface area (Å²) < 4.78 is 66.3. The van der Waals surface area contributed by atoms with Gasteiger partial charge in [0.1, 0.15) is 21.9 Å². The van der Waals surface area contributed by atoms with Crippen LogP contribution in [0.15, 0.2) is 44.8 Å². The highest BCUT2D eigenvalue weighted by Gasteiger charge is 2.52. The maximum Gasteiger partial charge on any atom is 0.349 e. The second-order valence-corrected chi connectivity index (χ2v) is 10.7. The Labute approximate surface area is 228 Å². The Morgan fingerprint density at radius 3 is 2.36 bits per heavy atom. The number of amides is 1. The summed E-state index contributed by atoms with van der Waals surface area (Å²) in [5, 5.41) is 5.41. The molecule has 0 aliphatic heterocycles. The van der Waals surface area contributed by atoms with Gasteiger partial charge in [0.15, 0.2) is 11.4 Å². The number of alkyl halides is 2. The quantitative estimate of drug-likeness (QED) is 0.335. The van der Waals surface area contributed by atoms with Gasteiger partial charge in [0.2, 0.25) is 15.9 Å². The summed E-state index contributed by atoms with van der Waals surface area (Å²) >= 11 is 12.6. The van der Waals surface area contributed by atoms with Crippen LogP contribution in [0, 0.1) is 0 Å². The van der Waals surface area contributed by atoms with Gasteiger partial charge in [0.05, 0.1) is 22.8 Å². The second-order valence-electron chi connectivity index (χ2n) is 8.28. The van der Waals surface area contributed by atoms with Gasteiger partial charge in [-0.15, -0.1) is 0 Å². The molecule has 4 rings (SSSR count). The van der Waals surface area contributed by atoms with Crippen molar-refractivity contribution >= 4 is 39.1 Å². The maximum atomic E-state index is 13.2. The molecule has 0 spiro atoms. The largest absolute Gasteiger partial charge is 0.495 e. The van der Waals surface area contributed by atoms with Crippen molar-refractivity contribution in [3.05, 3.63) is 66.9 Å². The number of nitrogens with one attached hydrogen (secondary N) is 3. The van der Waals surface area contributed by atoms with E-state index in [9.17, 15) is 31.6 Å². The molecule has 39 heavy (non-hydrogen) atoms. The molecule has 1 aromatic heterocycles. The molecule has 0 atom stereocenters. The van der Waals surface area contributed by atoms with Crippen molar-refractivity contribution in [1.29, 1.82) is 0 Å². The lowest BCUT2D eigenvalue weighted by molar-refractivity contribution is -0.123. The first-order valence-electron chi connectivity index (χ1n) is 10.9. The minimum absolute atomic E-state index is 0.0338. The van der Waals surface area contributed by atoms with Crippen LogP contribution in [0.4, 0.5) is 8.78 Å². The number of aromatic amines is 1. The number of carbonyl (C=O) groups is 1. The van der Waals surface area contributed by atoms with E-state index < -0.39 is 44.8 Å². The number of ether oxygens (including phenoxy) is 2. The SMILES string of the molecule is CNC(=O)C1(NS(=O)(=O)c2cc(Oc3c(Cl)cc(-n4nc(C(F)F)c(=O)[nH]c4=O)cc3Cl)ccc2OC)CC1. The molecule has 1 heterocycles. The molecule has 3 N–H and O–H groups in total. The van der Waals surface area contributed by atoms with Crippen LogP contribution in [0.1, 0.15) is 25.0 Å². The average Bonchev–Trinajstić information content (AvgIpc) is 3.65. The van der Waals surface area contributed by atoms with Crippen LogP contribution < -0.4 is 30.8 Å². The zero-order chi connectivity index (χ0) is 28.7. The Kier molecular flexibility index (Phi) is 7.71. The number of hydrogen-bond acceptors (Lipinski definition) is 8. The third-order valence-corrected chi connectivity index (χ3v) is 7.79. The highest BCUT2D eigenvalue weighted by Crippen LogP contribution is 2.41. The minimum Gasteiger partial charge on any atom is -0.495 e. The third kappa shape index (κ3) is 5.61. The predicted octanol–water partition coefficient (Wildman–Crippen LogP) is 2.52. The van der Waals surface area contributed by atoms with Gasteiger partial charge in [0, 0.05) is 13.1 Å². The first-order valence-corrected chi connectivity index (χ1v) is 13.2. The van der Waals surface area contributed by atoms with E-state index in [4.69, 9.17) is 32.7 Å². The molecule has 1 aliphatic rings. The zero-order valence-electron chi connectivity index (χ0n) is 20.1. The number of likely N-dealkylation sites (N-methyl/N-ethyl adjacent to an activating group) is 1. The van der Waals surface area contributed by atoms with Crippen LogP contribution in [0.2, 0.25) is 10.0 Å². The van der Waals surface area contributed by atoms with E-state index in [1.807, 2.05) is 0 Å². The van der Waals surface area contributed by atoms with E-state index in [1.165, 1.54) is 26.3 Å². The predicted molar refractivity (Wildman–Crippen MR) is 135 cm³/mol. The van der Waals surface area contributed by atoms with E-state index in [2.05, 4.69) is 15.1 Å². The Morgan fingerprint density at radius 2 is 1.82 bits per heavy atom. The van der Waals surface area contributed by atoms with Crippen molar-refractivity contribution in [1.82, 2.24) is 24.8 Å². The molecule has 208 valence electrons. The molecule has 3 aromatic rings. The number of hydrogen-bond donors (Lipinski definition) is 3. The number of methoxy groups -OCH3 is 1. The number of H-pyrrole nitrogens is 1. The third-order valence-electron chi connectivity index (χ3n) is 5.67. The minimum atomic E-state index is -4.27. The van der Waals surface area contributed by atoms with Crippen LogP contribution >= 0.6 is 23.2 Å². The molecular weight excluding hydrogens is 587 g/mol. The van der Waals surface area contributed by atoms with Gasteiger partial charge in [0.25, 0.3) is 12.0 Å². The normalized spacial score (nSPS) is 14.2. The van der Waals surface area contributed by atoms with Gasteiger partial charge in [-0.2, -0.15) is 14.5 Å². The maximum absolute atomic E-state index is 13.2. The fourth-order valence-corrected chi connectivity index (χ4v) is 5.76. The van der Waals surface area contributed by atoms with E-state index in [1.54, 1.807) is 4.98 Å². The van der Waals surface area contributed by atoms with Crippen LogP contribution in [0.25, 0.3) is 5.69 Å². The van der Waals surface area contributed by atoms with Gasteiger partial charge in [-0.3, -0.25) is 14.6 Å². The van der Waals surface area contributed by atoms with Gasteiger partial charge >= 0.3 is 5.69 Å². The molecule has 12 nitrogen and oxygen atoms in total. The Morgan fingerprint density at radius 1 is 1.18 bits per heavy atom. The molecule has 2 aromatic carbocycles. The van der Waals surface area contributed by atoms with Crippen molar-refractivity contribution in [2.75, 3.05) is 14.2 Å². The van der Waals surface area contributed by atoms with Crippen molar-refractivity contribution in [3.63, 3.8) is 0 Å². The van der Waals surface area contributed by atoms with Gasteiger partial charge in [-0.05, 0) is 37.1 Å². The van der Waals surface area contributed by atoms with E-state index in [0.717, 1.165) is 18.2 Å². The standard InChI is InChI=1S/C22H19Cl2F2N5O7S/c1-27-20(33)22(5-6-22)30-39(35,36)15-9-11(3-4-14(15)37-2)38-17-12(23)7-10(8-13(17)24)31-21(34)28-19(32)16(29-31)18(25)26/h3-4,7-9,18,30H,5-6H2,1-2H3,(H,27,33)(H,28,32,34).